The third kappa shape index (κ3) is 3.22. The Bertz CT molecular complexity index is 626. The number of nitrogens with one attached hydrogen (secondary N) is 1. The number of halogens is 1. The number of primary amides is 1. The number of amides is 1. The van der Waals surface area contributed by atoms with Crippen LogP contribution < -0.4 is 11.1 Å². The lowest BCUT2D eigenvalue weighted by Crippen LogP contribution is -2.12. The fourth-order valence-electron chi connectivity index (χ4n) is 1.90. The highest BCUT2D eigenvalue weighted by Gasteiger charge is 2.09. The molecule has 4 N–H and O–H groups in total. The number of benzene rings is 2. The summed E-state index contributed by atoms with van der Waals surface area (Å²) in [5.74, 6) is -0.317. The summed E-state index contributed by atoms with van der Waals surface area (Å²) < 4.78 is 0. The first-order valence-corrected chi connectivity index (χ1v) is 6.50. The quantitative estimate of drug-likeness (QED) is 0.808. The maximum Gasteiger partial charge on any atom is 0.250 e. The summed E-state index contributed by atoms with van der Waals surface area (Å²) in [4.78, 5) is 11.1. The Hall–Kier alpha value is -2.20. The highest BCUT2D eigenvalue weighted by atomic mass is 35.5. The first-order chi connectivity index (χ1) is 9.47. The minimum absolute atomic E-state index is 0.0334. The maximum atomic E-state index is 11.1. The molecule has 4 nitrogen and oxygen atoms in total. The maximum absolute atomic E-state index is 11.1. The molecular formula is C15H15ClN2O2. The first-order valence-electron chi connectivity index (χ1n) is 6.12. The summed E-state index contributed by atoms with van der Waals surface area (Å²) in [6.45, 7) is 1.99. The number of hydrogen-bond donors (Lipinski definition) is 3. The van der Waals surface area contributed by atoms with Gasteiger partial charge in [0.25, 0.3) is 0 Å². The molecule has 0 aromatic heterocycles. The van der Waals surface area contributed by atoms with Gasteiger partial charge in [-0.1, -0.05) is 23.7 Å². The Balaban J connectivity index is 2.15. The van der Waals surface area contributed by atoms with Crippen molar-refractivity contribution in [1.82, 2.24) is 0 Å². The topological polar surface area (TPSA) is 75.3 Å². The summed E-state index contributed by atoms with van der Waals surface area (Å²) in [6, 6.07) is 12.0. The molecule has 20 heavy (non-hydrogen) atoms. The van der Waals surface area contributed by atoms with Crippen molar-refractivity contribution in [3.63, 3.8) is 0 Å². The third-order valence-electron chi connectivity index (χ3n) is 3.01. The Morgan fingerprint density at radius 2 is 1.90 bits per heavy atom. The highest BCUT2D eigenvalue weighted by Crippen LogP contribution is 2.25. The van der Waals surface area contributed by atoms with Crippen molar-refractivity contribution < 1.29 is 9.90 Å². The number of anilines is 1. The molecule has 0 aliphatic heterocycles. The van der Waals surface area contributed by atoms with E-state index in [4.69, 9.17) is 17.3 Å². The van der Waals surface area contributed by atoms with Gasteiger partial charge in [0.05, 0.1) is 10.6 Å². The van der Waals surface area contributed by atoms with Crippen molar-refractivity contribution in [2.75, 3.05) is 5.32 Å². The van der Waals surface area contributed by atoms with Crippen LogP contribution in [-0.2, 0) is 0 Å². The van der Waals surface area contributed by atoms with Gasteiger partial charge in [0.15, 0.2) is 0 Å². The van der Waals surface area contributed by atoms with Crippen LogP contribution in [0.3, 0.4) is 0 Å². The van der Waals surface area contributed by atoms with Crippen molar-refractivity contribution in [3.05, 3.63) is 58.6 Å². The van der Waals surface area contributed by atoms with Gasteiger partial charge in [-0.05, 0) is 42.8 Å². The molecule has 1 amide bonds. The second-order valence-electron chi connectivity index (χ2n) is 4.52. The molecule has 0 bridgehead atoms. The minimum atomic E-state index is -0.548. The Morgan fingerprint density at radius 1 is 1.25 bits per heavy atom. The number of rotatable bonds is 4. The van der Waals surface area contributed by atoms with Gasteiger partial charge >= 0.3 is 0 Å². The predicted octanol–water partition coefficient (Wildman–Crippen LogP) is 3.32. The molecular weight excluding hydrogens is 276 g/mol. The van der Waals surface area contributed by atoms with Gasteiger partial charge in [0, 0.05) is 11.7 Å². The standard InChI is InChI=1S/C15H15ClN2O2/c1-9(10-2-5-12(19)6-3-10)18-11-4-7-13(15(17)20)14(16)8-11/h2-9,18-19H,1H3,(H2,17,20). The van der Waals surface area contributed by atoms with Gasteiger partial charge in [0.2, 0.25) is 5.91 Å². The van der Waals surface area contributed by atoms with E-state index in [-0.39, 0.29) is 11.8 Å². The summed E-state index contributed by atoms with van der Waals surface area (Å²) in [7, 11) is 0. The van der Waals surface area contributed by atoms with Gasteiger partial charge in [-0.3, -0.25) is 4.79 Å². The van der Waals surface area contributed by atoms with E-state index in [1.54, 1.807) is 30.3 Å². The van der Waals surface area contributed by atoms with Crippen LogP contribution in [0.4, 0.5) is 5.69 Å². The van der Waals surface area contributed by atoms with Crippen molar-refractivity contribution >= 4 is 23.2 Å². The molecule has 2 aromatic rings. The highest BCUT2D eigenvalue weighted by molar-refractivity contribution is 6.34. The summed E-state index contributed by atoms with van der Waals surface area (Å²) in [6.07, 6.45) is 0. The van der Waals surface area contributed by atoms with Gasteiger partial charge < -0.3 is 16.2 Å². The third-order valence-corrected chi connectivity index (χ3v) is 3.32. The molecule has 0 saturated heterocycles. The van der Waals surface area contributed by atoms with Crippen molar-refractivity contribution in [2.45, 2.75) is 13.0 Å². The van der Waals surface area contributed by atoms with E-state index in [0.717, 1.165) is 11.3 Å². The van der Waals surface area contributed by atoms with Crippen LogP contribution in [0.2, 0.25) is 5.02 Å². The number of carbonyl (C=O) groups excluding carboxylic acids is 1. The molecule has 0 spiro atoms. The van der Waals surface area contributed by atoms with E-state index in [1.165, 1.54) is 0 Å². The van der Waals surface area contributed by atoms with E-state index in [9.17, 15) is 9.90 Å². The van der Waals surface area contributed by atoms with Crippen LogP contribution in [-0.4, -0.2) is 11.0 Å². The zero-order valence-electron chi connectivity index (χ0n) is 10.9. The van der Waals surface area contributed by atoms with E-state index >= 15 is 0 Å². The molecule has 0 saturated carbocycles. The second-order valence-corrected chi connectivity index (χ2v) is 4.92. The van der Waals surface area contributed by atoms with Crippen LogP contribution in [0, 0.1) is 0 Å². The zero-order valence-corrected chi connectivity index (χ0v) is 11.7. The monoisotopic (exact) mass is 290 g/mol. The van der Waals surface area contributed by atoms with Crippen molar-refractivity contribution in [2.24, 2.45) is 5.73 Å². The first kappa shape index (κ1) is 14.2. The summed E-state index contributed by atoms with van der Waals surface area (Å²) >= 11 is 6.00. The lowest BCUT2D eigenvalue weighted by Gasteiger charge is -2.16. The number of carbonyl (C=O) groups is 1. The SMILES string of the molecule is CC(Nc1ccc(C(N)=O)c(Cl)c1)c1ccc(O)cc1. The van der Waals surface area contributed by atoms with E-state index < -0.39 is 5.91 Å². The number of phenolic OH excluding ortho intramolecular Hbond substituents is 1. The van der Waals surface area contributed by atoms with Crippen molar-refractivity contribution in [3.8, 4) is 5.75 Å². The number of phenols is 1. The minimum Gasteiger partial charge on any atom is -0.508 e. The Labute approximate surface area is 122 Å². The zero-order chi connectivity index (χ0) is 14.7. The van der Waals surface area contributed by atoms with Gasteiger partial charge in [0.1, 0.15) is 5.75 Å². The van der Waals surface area contributed by atoms with Crippen LogP contribution in [0.15, 0.2) is 42.5 Å². The molecule has 0 fully saturated rings. The molecule has 2 aromatic carbocycles. The molecule has 104 valence electrons. The van der Waals surface area contributed by atoms with Crippen LogP contribution >= 0.6 is 11.6 Å². The number of aromatic hydroxyl groups is 1. The van der Waals surface area contributed by atoms with Gasteiger partial charge in [-0.15, -0.1) is 0 Å². The lowest BCUT2D eigenvalue weighted by molar-refractivity contribution is 0.100. The van der Waals surface area contributed by atoms with Gasteiger partial charge in [-0.2, -0.15) is 0 Å². The normalized spacial score (nSPS) is 11.9. The molecule has 2 rings (SSSR count). The molecule has 0 aliphatic rings. The van der Waals surface area contributed by atoms with Crippen LogP contribution in [0.1, 0.15) is 28.9 Å². The summed E-state index contributed by atoms with van der Waals surface area (Å²) in [5, 5.41) is 12.9. The van der Waals surface area contributed by atoms with Crippen molar-refractivity contribution in [1.29, 1.82) is 0 Å². The average Bonchev–Trinajstić information content (AvgIpc) is 2.39. The molecule has 0 aliphatic carbocycles. The van der Waals surface area contributed by atoms with Crippen LogP contribution in [0.5, 0.6) is 5.75 Å². The number of nitrogens with two attached hydrogens (primary N) is 1. The van der Waals surface area contributed by atoms with Gasteiger partial charge in [-0.25, -0.2) is 0 Å². The van der Waals surface area contributed by atoms with E-state index in [2.05, 4.69) is 5.32 Å². The average molecular weight is 291 g/mol. The fourth-order valence-corrected chi connectivity index (χ4v) is 2.17. The van der Waals surface area contributed by atoms with E-state index in [0.29, 0.717) is 10.6 Å². The summed E-state index contributed by atoms with van der Waals surface area (Å²) in [5.41, 5.74) is 7.32. The smallest absolute Gasteiger partial charge is 0.250 e. The molecule has 1 unspecified atom stereocenters. The fraction of sp³-hybridized carbons (Fsp3) is 0.133. The molecule has 0 radical (unpaired) electrons. The second kappa shape index (κ2) is 5.84. The predicted molar refractivity (Wildman–Crippen MR) is 80.1 cm³/mol. The lowest BCUT2D eigenvalue weighted by atomic mass is 10.1. The number of hydrogen-bond acceptors (Lipinski definition) is 3. The Morgan fingerprint density at radius 3 is 2.45 bits per heavy atom. The largest absolute Gasteiger partial charge is 0.508 e. The van der Waals surface area contributed by atoms with Crippen LogP contribution in [0.25, 0.3) is 0 Å². The Kier molecular flexibility index (Phi) is 4.15. The molecule has 0 heterocycles. The molecule has 1 atom stereocenters. The van der Waals surface area contributed by atoms with E-state index in [1.807, 2.05) is 19.1 Å². The molecule has 5 heteroatoms.